The maximum Gasteiger partial charge on any atom is 0.120 e. The SMILES string of the molecule is CCCNC(CCC(NC)c1ccco1)c1ccoc1. The number of nitrogens with one attached hydrogen (secondary N) is 2. The Morgan fingerprint density at radius 3 is 2.60 bits per heavy atom. The zero-order valence-corrected chi connectivity index (χ0v) is 12.3. The van der Waals surface area contributed by atoms with E-state index in [0.717, 1.165) is 31.6 Å². The quantitative estimate of drug-likeness (QED) is 0.734. The van der Waals surface area contributed by atoms with E-state index in [-0.39, 0.29) is 6.04 Å². The highest BCUT2D eigenvalue weighted by molar-refractivity contribution is 5.12. The molecule has 20 heavy (non-hydrogen) atoms. The molecule has 4 heteroatoms. The zero-order valence-electron chi connectivity index (χ0n) is 12.3. The predicted molar refractivity (Wildman–Crippen MR) is 79.5 cm³/mol. The van der Waals surface area contributed by atoms with Crippen LogP contribution < -0.4 is 10.6 Å². The van der Waals surface area contributed by atoms with Crippen molar-refractivity contribution < 1.29 is 8.83 Å². The molecule has 0 radical (unpaired) electrons. The van der Waals surface area contributed by atoms with Crippen molar-refractivity contribution in [3.8, 4) is 0 Å². The van der Waals surface area contributed by atoms with Crippen molar-refractivity contribution in [2.45, 2.75) is 38.3 Å². The van der Waals surface area contributed by atoms with Gasteiger partial charge in [-0.05, 0) is 51.1 Å². The van der Waals surface area contributed by atoms with Crippen LogP contribution in [-0.2, 0) is 0 Å². The molecular weight excluding hydrogens is 252 g/mol. The van der Waals surface area contributed by atoms with Crippen LogP contribution in [0.1, 0.15) is 49.6 Å². The summed E-state index contributed by atoms with van der Waals surface area (Å²) in [6.07, 6.45) is 8.46. The van der Waals surface area contributed by atoms with Crippen LogP contribution in [0.5, 0.6) is 0 Å². The van der Waals surface area contributed by atoms with Gasteiger partial charge in [-0.3, -0.25) is 0 Å². The van der Waals surface area contributed by atoms with Crippen LogP contribution in [0.2, 0.25) is 0 Å². The van der Waals surface area contributed by atoms with Gasteiger partial charge in [0.15, 0.2) is 0 Å². The first-order chi connectivity index (χ1) is 9.85. The fourth-order valence-corrected chi connectivity index (χ4v) is 2.43. The lowest BCUT2D eigenvalue weighted by atomic mass is 10.00. The van der Waals surface area contributed by atoms with Crippen molar-refractivity contribution in [3.63, 3.8) is 0 Å². The van der Waals surface area contributed by atoms with Gasteiger partial charge >= 0.3 is 0 Å². The third-order valence-corrected chi connectivity index (χ3v) is 3.57. The summed E-state index contributed by atoms with van der Waals surface area (Å²) in [6.45, 7) is 3.19. The van der Waals surface area contributed by atoms with Crippen molar-refractivity contribution in [1.29, 1.82) is 0 Å². The van der Waals surface area contributed by atoms with Gasteiger partial charge in [-0.15, -0.1) is 0 Å². The molecule has 2 aromatic heterocycles. The molecule has 0 saturated heterocycles. The number of hydrogen-bond acceptors (Lipinski definition) is 4. The molecule has 0 spiro atoms. The van der Waals surface area contributed by atoms with E-state index in [1.54, 1.807) is 12.5 Å². The van der Waals surface area contributed by atoms with Gasteiger partial charge in [-0.2, -0.15) is 0 Å². The van der Waals surface area contributed by atoms with E-state index >= 15 is 0 Å². The minimum atomic E-state index is 0.253. The Balaban J connectivity index is 1.93. The molecule has 4 nitrogen and oxygen atoms in total. The first-order valence-corrected chi connectivity index (χ1v) is 7.31. The van der Waals surface area contributed by atoms with Gasteiger partial charge < -0.3 is 19.5 Å². The summed E-state index contributed by atoms with van der Waals surface area (Å²) in [6, 6.07) is 6.58. The molecule has 2 rings (SSSR count). The number of furan rings is 2. The molecule has 2 heterocycles. The molecule has 0 saturated carbocycles. The maximum absolute atomic E-state index is 5.49. The van der Waals surface area contributed by atoms with Crippen LogP contribution in [-0.4, -0.2) is 13.6 Å². The highest BCUT2D eigenvalue weighted by atomic mass is 16.3. The minimum Gasteiger partial charge on any atom is -0.472 e. The summed E-state index contributed by atoms with van der Waals surface area (Å²) < 4.78 is 10.7. The van der Waals surface area contributed by atoms with Gasteiger partial charge in [0.2, 0.25) is 0 Å². The second-order valence-electron chi connectivity index (χ2n) is 5.00. The summed E-state index contributed by atoms with van der Waals surface area (Å²) in [5.41, 5.74) is 1.22. The van der Waals surface area contributed by atoms with Crippen LogP contribution in [0.3, 0.4) is 0 Å². The molecular formula is C16H24N2O2. The lowest BCUT2D eigenvalue weighted by molar-refractivity contribution is 0.379. The molecule has 2 unspecified atom stereocenters. The van der Waals surface area contributed by atoms with Crippen molar-refractivity contribution >= 4 is 0 Å². The molecule has 0 aliphatic heterocycles. The molecule has 110 valence electrons. The average molecular weight is 276 g/mol. The lowest BCUT2D eigenvalue weighted by Gasteiger charge is -2.20. The molecule has 2 atom stereocenters. The van der Waals surface area contributed by atoms with E-state index in [9.17, 15) is 0 Å². The van der Waals surface area contributed by atoms with Crippen molar-refractivity contribution in [2.24, 2.45) is 0 Å². The Morgan fingerprint density at radius 2 is 2.00 bits per heavy atom. The topological polar surface area (TPSA) is 50.3 Å². The van der Waals surface area contributed by atoms with Crippen LogP contribution in [0.25, 0.3) is 0 Å². The van der Waals surface area contributed by atoms with E-state index < -0.39 is 0 Å². The fraction of sp³-hybridized carbons (Fsp3) is 0.500. The largest absolute Gasteiger partial charge is 0.472 e. The average Bonchev–Trinajstić information content (AvgIpc) is 3.15. The van der Waals surface area contributed by atoms with Gasteiger partial charge in [-0.1, -0.05) is 6.92 Å². The van der Waals surface area contributed by atoms with Gasteiger partial charge in [0.25, 0.3) is 0 Å². The first-order valence-electron chi connectivity index (χ1n) is 7.31. The molecule has 2 N–H and O–H groups in total. The molecule has 0 fully saturated rings. The highest BCUT2D eigenvalue weighted by Gasteiger charge is 2.17. The Bertz CT molecular complexity index is 451. The lowest BCUT2D eigenvalue weighted by Crippen LogP contribution is -2.24. The number of rotatable bonds is 9. The van der Waals surface area contributed by atoms with Crippen molar-refractivity contribution in [3.05, 3.63) is 48.3 Å². The van der Waals surface area contributed by atoms with E-state index in [0.29, 0.717) is 6.04 Å². The monoisotopic (exact) mass is 276 g/mol. The van der Waals surface area contributed by atoms with Crippen molar-refractivity contribution in [1.82, 2.24) is 10.6 Å². The standard InChI is InChI=1S/C16H24N2O2/c1-3-9-18-14(13-8-11-19-12-13)6-7-15(17-2)16-5-4-10-20-16/h4-5,8,10-12,14-15,17-18H,3,6-7,9H2,1-2H3. The third-order valence-electron chi connectivity index (χ3n) is 3.57. The molecule has 0 aliphatic carbocycles. The summed E-state index contributed by atoms with van der Waals surface area (Å²) in [7, 11) is 1.97. The zero-order chi connectivity index (χ0) is 14.2. The normalized spacial score (nSPS) is 14.3. The van der Waals surface area contributed by atoms with E-state index in [4.69, 9.17) is 8.83 Å². The van der Waals surface area contributed by atoms with Gasteiger partial charge in [0.1, 0.15) is 5.76 Å². The summed E-state index contributed by atoms with van der Waals surface area (Å²) in [4.78, 5) is 0. The van der Waals surface area contributed by atoms with E-state index in [1.165, 1.54) is 5.56 Å². The van der Waals surface area contributed by atoms with Crippen molar-refractivity contribution in [2.75, 3.05) is 13.6 Å². The van der Waals surface area contributed by atoms with Crippen LogP contribution in [0.4, 0.5) is 0 Å². The van der Waals surface area contributed by atoms with Gasteiger partial charge in [0, 0.05) is 11.6 Å². The summed E-state index contributed by atoms with van der Waals surface area (Å²) in [5.74, 6) is 0.994. The summed E-state index contributed by atoms with van der Waals surface area (Å²) >= 11 is 0. The minimum absolute atomic E-state index is 0.253. The van der Waals surface area contributed by atoms with Crippen LogP contribution in [0, 0.1) is 0 Å². The Hall–Kier alpha value is -1.52. The second kappa shape index (κ2) is 7.92. The molecule has 0 aromatic carbocycles. The maximum atomic E-state index is 5.49. The van der Waals surface area contributed by atoms with Gasteiger partial charge in [-0.25, -0.2) is 0 Å². The molecule has 0 bridgehead atoms. The fourth-order valence-electron chi connectivity index (χ4n) is 2.43. The second-order valence-corrected chi connectivity index (χ2v) is 5.00. The summed E-state index contributed by atoms with van der Waals surface area (Å²) in [5, 5.41) is 6.89. The predicted octanol–water partition coefficient (Wildman–Crippen LogP) is 3.65. The third kappa shape index (κ3) is 3.99. The Labute approximate surface area is 120 Å². The molecule has 0 aliphatic rings. The molecule has 2 aromatic rings. The van der Waals surface area contributed by atoms with Crippen LogP contribution >= 0.6 is 0 Å². The van der Waals surface area contributed by atoms with E-state index in [1.807, 2.05) is 31.5 Å². The number of hydrogen-bond donors (Lipinski definition) is 2. The molecule has 0 amide bonds. The smallest absolute Gasteiger partial charge is 0.120 e. The van der Waals surface area contributed by atoms with E-state index in [2.05, 4.69) is 17.6 Å². The highest BCUT2D eigenvalue weighted by Crippen LogP contribution is 2.25. The Morgan fingerprint density at radius 1 is 1.15 bits per heavy atom. The first kappa shape index (κ1) is 14.9. The van der Waals surface area contributed by atoms with Gasteiger partial charge in [0.05, 0.1) is 24.8 Å². The Kier molecular flexibility index (Phi) is 5.89. The van der Waals surface area contributed by atoms with Crippen LogP contribution in [0.15, 0.2) is 45.8 Å².